The van der Waals surface area contributed by atoms with E-state index >= 15 is 0 Å². The van der Waals surface area contributed by atoms with Gasteiger partial charge in [-0.1, -0.05) is 44.2 Å². The normalized spacial score (nSPS) is 16.4. The van der Waals surface area contributed by atoms with Gasteiger partial charge in [-0.25, -0.2) is 9.78 Å². The molecule has 9 amide bonds. The van der Waals surface area contributed by atoms with E-state index in [-0.39, 0.29) is 24.5 Å². The molecule has 0 bridgehead atoms. The topological polar surface area (TPSA) is 479 Å². The molecule has 0 spiro atoms. The average molecular weight is 1140 g/mol. The van der Waals surface area contributed by atoms with E-state index in [1.807, 2.05) is 0 Å². The van der Waals surface area contributed by atoms with Gasteiger partial charge in [0, 0.05) is 34.2 Å². The second-order valence-corrected chi connectivity index (χ2v) is 19.8. The molecule has 0 saturated heterocycles. The van der Waals surface area contributed by atoms with Crippen molar-refractivity contribution in [3.63, 3.8) is 0 Å². The lowest BCUT2D eigenvalue weighted by Crippen LogP contribution is -2.63. The zero-order valence-corrected chi connectivity index (χ0v) is 45.7. The number of aliphatic hydroxyl groups is 8. The number of rotatable bonds is 33. The summed E-state index contributed by atoms with van der Waals surface area (Å²) in [5.74, 6) is -11.7. The number of carboxylic acid groups (broad SMARTS) is 1. The third kappa shape index (κ3) is 20.8. The van der Waals surface area contributed by atoms with E-state index in [9.17, 15) is 93.9 Å². The molecule has 0 saturated carbocycles. The summed E-state index contributed by atoms with van der Waals surface area (Å²) in [7, 11) is 3.63. The van der Waals surface area contributed by atoms with Crippen LogP contribution in [0.25, 0.3) is 0 Å². The van der Waals surface area contributed by atoms with Crippen molar-refractivity contribution >= 4 is 59.1 Å². The molecule has 31 nitrogen and oxygen atoms in total. The highest BCUT2D eigenvalue weighted by Gasteiger charge is 2.41. The number of hydrogen-bond acceptors (Lipinski definition) is 20. The highest BCUT2D eigenvalue weighted by atomic mass is 16.5. The number of nitrogens with one attached hydrogen (secondary N) is 8. The Bertz CT molecular complexity index is 2420. The number of benzene rings is 1. The Hall–Kier alpha value is -7.23. The first-order valence-corrected chi connectivity index (χ1v) is 25.0. The molecular weight excluding hydrogens is 1060 g/mol. The Morgan fingerprint density at radius 2 is 1.29 bits per heavy atom. The largest absolute Gasteiger partial charge is 0.480 e. The summed E-state index contributed by atoms with van der Waals surface area (Å²) in [6, 6.07) is -3.41. The van der Waals surface area contributed by atoms with Crippen LogP contribution in [-0.2, 0) is 66.2 Å². The lowest BCUT2D eigenvalue weighted by Gasteiger charge is -2.33. The van der Waals surface area contributed by atoms with Crippen LogP contribution >= 0.6 is 0 Å². The summed E-state index contributed by atoms with van der Waals surface area (Å²) >= 11 is 0. The Balaban J connectivity index is 2.22. The van der Waals surface area contributed by atoms with E-state index in [1.165, 1.54) is 31.1 Å². The summed E-state index contributed by atoms with van der Waals surface area (Å²) in [5.41, 5.74) is -1.59. The molecule has 17 N–H and O–H groups in total. The maximum atomic E-state index is 13.9. The van der Waals surface area contributed by atoms with Gasteiger partial charge in [0.1, 0.15) is 60.6 Å². The molecule has 13 atom stereocenters. The fraction of sp³-hybridized carbons (Fsp3) is 0.612. The minimum absolute atomic E-state index is 0.0129. The van der Waals surface area contributed by atoms with E-state index < -0.39 is 170 Å². The maximum absolute atomic E-state index is 13.9. The van der Waals surface area contributed by atoms with Gasteiger partial charge in [-0.05, 0) is 45.6 Å². The van der Waals surface area contributed by atoms with E-state index in [0.29, 0.717) is 5.56 Å². The highest BCUT2D eigenvalue weighted by molar-refractivity contribution is 5.97. The van der Waals surface area contributed by atoms with Crippen LogP contribution in [0.4, 0.5) is 0 Å². The van der Waals surface area contributed by atoms with Gasteiger partial charge >= 0.3 is 5.97 Å². The van der Waals surface area contributed by atoms with Crippen LogP contribution in [0.5, 0.6) is 0 Å². The van der Waals surface area contributed by atoms with Crippen LogP contribution in [0, 0.1) is 5.92 Å². The standard InChI is InChI=1S/C49H77N11O20/c1-23(2)15-27(41(70)56-29(21-62)48(77)78)54-40(69)24(3)53-42(71)28(20-61)55-46(75)39(49(5,6)79)57-33(64)19-52-43(72)30(16-26-13-11-10-12-14-26)60(8)47(76)38(68)37(67)32(80-9)18-51-44(73)34(58-45(74)35(65)25(4)63)36(66)31-17-50-22-59(31)7/h10-14,17,22-25,27-30,32,34-39,61-63,65-68,79H,15-16,18-21H2,1-9H3,(H,51,73)(H,52,72)(H,53,71)(H,54,69)(H,55,75)(H,56,70)(H,57,64)(H,58,74)(H,77,78)/t24-,25-,27-,28-,29-,30-,32-,34+,35+,36+,37-,38-,39+/m0/s1. The van der Waals surface area contributed by atoms with Crippen LogP contribution in [0.15, 0.2) is 42.9 Å². The number of hydrogen-bond donors (Lipinski definition) is 17. The summed E-state index contributed by atoms with van der Waals surface area (Å²) in [6.07, 6.45) is -9.22. The minimum Gasteiger partial charge on any atom is -0.480 e. The zero-order chi connectivity index (χ0) is 60.9. The van der Waals surface area contributed by atoms with Crippen molar-refractivity contribution in [1.82, 2.24) is 57.0 Å². The minimum atomic E-state index is -2.36. The summed E-state index contributed by atoms with van der Waals surface area (Å²) in [4.78, 5) is 136. The van der Waals surface area contributed by atoms with E-state index in [2.05, 4.69) is 47.5 Å². The molecule has 0 fully saturated rings. The molecule has 1 heterocycles. The molecule has 1 aromatic carbocycles. The quantitative estimate of drug-likeness (QED) is 0.0316. The molecule has 80 heavy (non-hydrogen) atoms. The average Bonchev–Trinajstić information content (AvgIpc) is 3.85. The van der Waals surface area contributed by atoms with E-state index in [4.69, 9.17) is 4.74 Å². The third-order valence-corrected chi connectivity index (χ3v) is 12.3. The Kier molecular flexibility index (Phi) is 27.7. The predicted octanol–water partition coefficient (Wildman–Crippen LogP) is -7.95. The Labute approximate surface area is 460 Å². The van der Waals surface area contributed by atoms with Crippen LogP contribution < -0.4 is 42.5 Å². The van der Waals surface area contributed by atoms with Crippen molar-refractivity contribution in [1.29, 1.82) is 0 Å². The van der Waals surface area contributed by atoms with Crippen molar-refractivity contribution in [3.8, 4) is 0 Å². The number of aromatic nitrogens is 2. The van der Waals surface area contributed by atoms with E-state index in [1.54, 1.807) is 44.2 Å². The number of carbonyl (C=O) groups excluding carboxylic acids is 9. The highest BCUT2D eigenvalue weighted by Crippen LogP contribution is 2.18. The molecule has 1 aromatic heterocycles. The Morgan fingerprint density at radius 1 is 0.713 bits per heavy atom. The predicted molar refractivity (Wildman–Crippen MR) is 276 cm³/mol. The van der Waals surface area contributed by atoms with Crippen molar-refractivity contribution in [2.24, 2.45) is 13.0 Å². The third-order valence-electron chi connectivity index (χ3n) is 12.3. The second kappa shape index (κ2) is 32.1. The van der Waals surface area contributed by atoms with Gasteiger partial charge < -0.3 is 103 Å². The first-order chi connectivity index (χ1) is 37.3. The smallest absolute Gasteiger partial charge is 0.328 e. The van der Waals surface area contributed by atoms with Crippen molar-refractivity contribution in [2.45, 2.75) is 139 Å². The molecule has 31 heteroatoms. The summed E-state index contributed by atoms with van der Waals surface area (Å²) in [5, 5.41) is 111. The van der Waals surface area contributed by atoms with Crippen LogP contribution in [0.3, 0.4) is 0 Å². The number of methoxy groups -OCH3 is 1. The van der Waals surface area contributed by atoms with Crippen LogP contribution in [-0.4, -0.2) is 238 Å². The lowest BCUT2D eigenvalue weighted by atomic mass is 9.97. The number of imidazole rings is 1. The number of aliphatic hydroxyl groups excluding tert-OH is 7. The number of ether oxygens (including phenoxy) is 1. The monoisotopic (exact) mass is 1140 g/mol. The molecule has 0 aliphatic rings. The first kappa shape index (κ1) is 68.9. The fourth-order valence-electron chi connectivity index (χ4n) is 7.52. The van der Waals surface area contributed by atoms with Gasteiger partial charge in [-0.2, -0.15) is 0 Å². The van der Waals surface area contributed by atoms with Crippen LogP contribution in [0.2, 0.25) is 0 Å². The van der Waals surface area contributed by atoms with Gasteiger partial charge in [0.2, 0.25) is 41.4 Å². The second-order valence-electron chi connectivity index (χ2n) is 19.8. The fourth-order valence-corrected chi connectivity index (χ4v) is 7.52. The van der Waals surface area contributed by atoms with Gasteiger partial charge in [-0.15, -0.1) is 0 Å². The molecule has 0 unspecified atom stereocenters. The Morgan fingerprint density at radius 3 is 1.80 bits per heavy atom. The summed E-state index contributed by atoms with van der Waals surface area (Å²) < 4.78 is 6.60. The van der Waals surface area contributed by atoms with Crippen molar-refractivity contribution in [2.75, 3.05) is 40.5 Å². The molecule has 448 valence electrons. The molecule has 0 aliphatic carbocycles. The number of aryl methyl sites for hydroxylation is 1. The molecule has 2 rings (SSSR count). The molecular formula is C49H77N11O20. The number of aliphatic carboxylic acids is 1. The number of nitrogens with zero attached hydrogens (tertiary/aromatic N) is 3. The number of amides is 9. The zero-order valence-electron chi connectivity index (χ0n) is 45.7. The van der Waals surface area contributed by atoms with Crippen molar-refractivity contribution < 1.29 is 98.6 Å². The molecule has 0 radical (unpaired) electrons. The number of carboxylic acids is 1. The van der Waals surface area contributed by atoms with Gasteiger partial charge in [0.05, 0.1) is 49.7 Å². The SMILES string of the molecule is CO[C@@H](CNC(=O)[C@H](NC(=O)[C@H](O)[C@H](C)O)[C@H](O)c1cncn1C)[C@H](O)[C@H](O)C(=O)N(C)[C@@H](Cc1ccccc1)C(=O)NCC(=O)N[C@H](C(=O)N[C@@H](CO)C(=O)N[C@@H](C)C(=O)N[C@@H](CC(C)C)C(=O)N[C@@H](CO)C(=O)O)C(C)(C)O. The van der Waals surface area contributed by atoms with Gasteiger partial charge in [0.15, 0.2) is 12.2 Å². The maximum Gasteiger partial charge on any atom is 0.328 e. The van der Waals surface area contributed by atoms with Crippen molar-refractivity contribution in [3.05, 3.63) is 54.1 Å². The molecule has 0 aliphatic heterocycles. The van der Waals surface area contributed by atoms with Gasteiger partial charge in [-0.3, -0.25) is 43.2 Å². The van der Waals surface area contributed by atoms with E-state index in [0.717, 1.165) is 39.8 Å². The first-order valence-electron chi connectivity index (χ1n) is 25.0. The number of likely N-dealkylation sites (N-methyl/N-ethyl adjacent to an activating group) is 1. The summed E-state index contributed by atoms with van der Waals surface area (Å²) in [6.45, 7) is 4.31. The van der Waals surface area contributed by atoms with Gasteiger partial charge in [0.25, 0.3) is 11.8 Å². The van der Waals surface area contributed by atoms with Crippen LogP contribution in [0.1, 0.15) is 65.3 Å². The molecule has 2 aromatic rings. The lowest BCUT2D eigenvalue weighted by molar-refractivity contribution is -0.156. The number of carbonyl (C=O) groups is 10.